The third-order valence-electron chi connectivity index (χ3n) is 3.13. The highest BCUT2D eigenvalue weighted by Gasteiger charge is 2.20. The highest BCUT2D eigenvalue weighted by molar-refractivity contribution is 5.79. The lowest BCUT2D eigenvalue weighted by Gasteiger charge is -2.20. The van der Waals surface area contributed by atoms with Crippen LogP contribution >= 0.6 is 0 Å². The number of rotatable bonds is 3. The van der Waals surface area contributed by atoms with Gasteiger partial charge in [0.05, 0.1) is 0 Å². The summed E-state index contributed by atoms with van der Waals surface area (Å²) >= 11 is 0. The summed E-state index contributed by atoms with van der Waals surface area (Å²) < 4.78 is 1.94. The van der Waals surface area contributed by atoms with Crippen LogP contribution in [0.5, 0.6) is 0 Å². The van der Waals surface area contributed by atoms with Gasteiger partial charge in [-0.05, 0) is 25.7 Å². The molecule has 0 unspecified atom stereocenters. The number of nitrogens with zero attached hydrogens (tertiary/aromatic N) is 3. The van der Waals surface area contributed by atoms with E-state index in [4.69, 9.17) is 0 Å². The van der Waals surface area contributed by atoms with E-state index in [0.29, 0.717) is 11.7 Å². The molecule has 0 aromatic carbocycles. The van der Waals surface area contributed by atoms with Crippen LogP contribution in [0, 0.1) is 5.92 Å². The summed E-state index contributed by atoms with van der Waals surface area (Å²) in [6.45, 7) is 2.95. The molecule has 0 amide bonds. The standard InChI is InChI=1S/C11H17N3O/c1-2-14-11(12-8-13-14)7-9-3-5-10(15)6-4-9/h8-9H,2-7H2,1H3. The molecule has 0 spiro atoms. The van der Waals surface area contributed by atoms with Crippen LogP contribution in [0.15, 0.2) is 6.33 Å². The van der Waals surface area contributed by atoms with Crippen molar-refractivity contribution in [2.75, 3.05) is 0 Å². The molecule has 0 atom stereocenters. The molecule has 0 bridgehead atoms. The Morgan fingerprint density at radius 3 is 2.87 bits per heavy atom. The molecule has 15 heavy (non-hydrogen) atoms. The Labute approximate surface area is 89.7 Å². The lowest BCUT2D eigenvalue weighted by Crippen LogP contribution is -2.18. The van der Waals surface area contributed by atoms with Crippen LogP contribution in [-0.2, 0) is 17.8 Å². The van der Waals surface area contributed by atoms with Gasteiger partial charge >= 0.3 is 0 Å². The number of Topliss-reactive ketones (excluding diaryl/α,β-unsaturated/α-hetero) is 1. The first-order valence-electron chi connectivity index (χ1n) is 5.68. The number of aromatic nitrogens is 3. The topological polar surface area (TPSA) is 47.8 Å². The van der Waals surface area contributed by atoms with Crippen molar-refractivity contribution in [1.29, 1.82) is 0 Å². The summed E-state index contributed by atoms with van der Waals surface area (Å²) in [6.07, 6.45) is 6.15. The molecule has 1 aromatic rings. The van der Waals surface area contributed by atoms with Crippen molar-refractivity contribution in [1.82, 2.24) is 14.8 Å². The van der Waals surface area contributed by atoms with E-state index in [1.807, 2.05) is 4.68 Å². The van der Waals surface area contributed by atoms with Gasteiger partial charge in [-0.2, -0.15) is 5.10 Å². The fourth-order valence-corrected chi connectivity index (χ4v) is 2.17. The zero-order chi connectivity index (χ0) is 10.7. The Morgan fingerprint density at radius 1 is 1.47 bits per heavy atom. The van der Waals surface area contributed by atoms with E-state index < -0.39 is 0 Å². The van der Waals surface area contributed by atoms with Gasteiger partial charge < -0.3 is 0 Å². The molecule has 1 fully saturated rings. The summed E-state index contributed by atoms with van der Waals surface area (Å²) in [5.41, 5.74) is 0. The van der Waals surface area contributed by atoms with Crippen LogP contribution in [0.1, 0.15) is 38.4 Å². The van der Waals surface area contributed by atoms with Crippen molar-refractivity contribution in [2.45, 2.75) is 45.6 Å². The summed E-state index contributed by atoms with van der Waals surface area (Å²) in [5.74, 6) is 2.11. The molecular formula is C11H17N3O. The fraction of sp³-hybridized carbons (Fsp3) is 0.727. The molecule has 1 aliphatic carbocycles. The molecule has 1 saturated carbocycles. The largest absolute Gasteiger partial charge is 0.300 e. The number of carbonyl (C=O) groups excluding carboxylic acids is 1. The first-order chi connectivity index (χ1) is 7.29. The quantitative estimate of drug-likeness (QED) is 0.756. The first kappa shape index (κ1) is 10.3. The van der Waals surface area contributed by atoms with Gasteiger partial charge in [-0.25, -0.2) is 4.98 Å². The molecule has 4 nitrogen and oxygen atoms in total. The van der Waals surface area contributed by atoms with Crippen LogP contribution in [-0.4, -0.2) is 20.5 Å². The second kappa shape index (κ2) is 4.55. The van der Waals surface area contributed by atoms with E-state index in [-0.39, 0.29) is 0 Å². The van der Waals surface area contributed by atoms with E-state index in [9.17, 15) is 4.79 Å². The Balaban J connectivity index is 1.94. The number of carbonyl (C=O) groups is 1. The van der Waals surface area contributed by atoms with Gasteiger partial charge in [0.2, 0.25) is 0 Å². The third-order valence-corrected chi connectivity index (χ3v) is 3.13. The van der Waals surface area contributed by atoms with Crippen LogP contribution in [0.2, 0.25) is 0 Å². The van der Waals surface area contributed by atoms with Crippen molar-refractivity contribution < 1.29 is 4.79 Å². The number of hydrogen-bond donors (Lipinski definition) is 0. The van der Waals surface area contributed by atoms with E-state index >= 15 is 0 Å². The van der Waals surface area contributed by atoms with Crippen molar-refractivity contribution >= 4 is 5.78 Å². The minimum atomic E-state index is 0.420. The minimum Gasteiger partial charge on any atom is -0.300 e. The SMILES string of the molecule is CCn1ncnc1CC1CCC(=O)CC1. The van der Waals surface area contributed by atoms with Gasteiger partial charge in [-0.1, -0.05) is 0 Å². The predicted molar refractivity (Wildman–Crippen MR) is 56.4 cm³/mol. The van der Waals surface area contributed by atoms with Gasteiger partial charge in [0.1, 0.15) is 17.9 Å². The highest BCUT2D eigenvalue weighted by Crippen LogP contribution is 2.24. The number of ketones is 1. The molecule has 1 aromatic heterocycles. The normalized spacial score (nSPS) is 18.3. The molecule has 0 aliphatic heterocycles. The molecule has 2 rings (SSSR count). The molecule has 82 valence electrons. The maximum absolute atomic E-state index is 11.1. The Kier molecular flexibility index (Phi) is 3.14. The molecule has 1 heterocycles. The Bertz CT molecular complexity index is 335. The van der Waals surface area contributed by atoms with E-state index in [2.05, 4.69) is 17.0 Å². The van der Waals surface area contributed by atoms with Crippen molar-refractivity contribution in [3.05, 3.63) is 12.2 Å². The molecular weight excluding hydrogens is 190 g/mol. The average molecular weight is 207 g/mol. The van der Waals surface area contributed by atoms with Crippen molar-refractivity contribution in [2.24, 2.45) is 5.92 Å². The maximum atomic E-state index is 11.1. The monoisotopic (exact) mass is 207 g/mol. The van der Waals surface area contributed by atoms with E-state index in [1.54, 1.807) is 6.33 Å². The van der Waals surface area contributed by atoms with Crippen LogP contribution < -0.4 is 0 Å². The Morgan fingerprint density at radius 2 is 2.20 bits per heavy atom. The zero-order valence-electron chi connectivity index (χ0n) is 9.15. The summed E-state index contributed by atoms with van der Waals surface area (Å²) in [7, 11) is 0. The van der Waals surface area contributed by atoms with Gasteiger partial charge in [-0.3, -0.25) is 9.48 Å². The minimum absolute atomic E-state index is 0.420. The van der Waals surface area contributed by atoms with Gasteiger partial charge in [0.25, 0.3) is 0 Å². The lowest BCUT2D eigenvalue weighted by atomic mass is 9.86. The second-order valence-corrected chi connectivity index (χ2v) is 4.18. The average Bonchev–Trinajstić information content (AvgIpc) is 2.69. The fourth-order valence-electron chi connectivity index (χ4n) is 2.17. The molecule has 4 heteroatoms. The lowest BCUT2D eigenvalue weighted by molar-refractivity contribution is -0.121. The van der Waals surface area contributed by atoms with Crippen molar-refractivity contribution in [3.63, 3.8) is 0 Å². The van der Waals surface area contributed by atoms with E-state index in [0.717, 1.165) is 44.5 Å². The molecule has 0 N–H and O–H groups in total. The van der Waals surface area contributed by atoms with Crippen molar-refractivity contribution in [3.8, 4) is 0 Å². The summed E-state index contributed by atoms with van der Waals surface area (Å²) in [5, 5.41) is 4.15. The van der Waals surface area contributed by atoms with Crippen LogP contribution in [0.25, 0.3) is 0 Å². The first-order valence-corrected chi connectivity index (χ1v) is 5.68. The predicted octanol–water partition coefficient (Wildman–Crippen LogP) is 1.60. The summed E-state index contributed by atoms with van der Waals surface area (Å²) in [4.78, 5) is 15.4. The van der Waals surface area contributed by atoms with Crippen LogP contribution in [0.3, 0.4) is 0 Å². The smallest absolute Gasteiger partial charge is 0.138 e. The highest BCUT2D eigenvalue weighted by atomic mass is 16.1. The molecule has 0 radical (unpaired) electrons. The molecule has 0 saturated heterocycles. The number of aryl methyl sites for hydroxylation is 1. The zero-order valence-corrected chi connectivity index (χ0v) is 9.15. The summed E-state index contributed by atoms with van der Waals surface area (Å²) in [6, 6.07) is 0. The Hall–Kier alpha value is -1.19. The van der Waals surface area contributed by atoms with Crippen LogP contribution in [0.4, 0.5) is 0 Å². The second-order valence-electron chi connectivity index (χ2n) is 4.18. The maximum Gasteiger partial charge on any atom is 0.138 e. The van der Waals surface area contributed by atoms with Gasteiger partial charge in [0.15, 0.2) is 0 Å². The number of hydrogen-bond acceptors (Lipinski definition) is 3. The third kappa shape index (κ3) is 2.43. The van der Waals surface area contributed by atoms with Gasteiger partial charge in [-0.15, -0.1) is 0 Å². The van der Waals surface area contributed by atoms with Gasteiger partial charge in [0, 0.05) is 25.8 Å². The van der Waals surface area contributed by atoms with E-state index in [1.165, 1.54) is 0 Å². The molecule has 1 aliphatic rings.